The van der Waals surface area contributed by atoms with Gasteiger partial charge in [0.1, 0.15) is 11.9 Å². The van der Waals surface area contributed by atoms with Crippen LogP contribution < -0.4 is 10.1 Å². The summed E-state index contributed by atoms with van der Waals surface area (Å²) in [6.07, 6.45) is 1.61. The van der Waals surface area contributed by atoms with Gasteiger partial charge in [0.25, 0.3) is 5.88 Å². The molecule has 2 heterocycles. The Morgan fingerprint density at radius 2 is 2.05 bits per heavy atom. The Balaban J connectivity index is 1.88. The number of benzene rings is 1. The lowest BCUT2D eigenvalue weighted by atomic mass is 9.95. The van der Waals surface area contributed by atoms with E-state index in [-0.39, 0.29) is 17.9 Å². The first-order chi connectivity index (χ1) is 10.2. The molecule has 21 heavy (non-hydrogen) atoms. The van der Waals surface area contributed by atoms with Crippen LogP contribution in [-0.4, -0.2) is 18.1 Å². The van der Waals surface area contributed by atoms with Crippen LogP contribution in [0.4, 0.5) is 8.78 Å². The molecule has 1 saturated heterocycles. The van der Waals surface area contributed by atoms with Crippen LogP contribution in [0.1, 0.15) is 18.1 Å². The minimum Gasteiger partial charge on any atom is -0.467 e. The molecule has 1 aliphatic heterocycles. The fourth-order valence-electron chi connectivity index (χ4n) is 2.62. The third-order valence-electron chi connectivity index (χ3n) is 3.67. The van der Waals surface area contributed by atoms with E-state index in [2.05, 4.69) is 10.3 Å². The molecule has 0 saturated carbocycles. The van der Waals surface area contributed by atoms with Gasteiger partial charge in [-0.05, 0) is 18.5 Å². The Kier molecular flexibility index (Phi) is 4.10. The fraction of sp³-hybridized carbons (Fsp3) is 0.312. The zero-order valence-electron chi connectivity index (χ0n) is 11.4. The minimum absolute atomic E-state index is 0.155. The maximum absolute atomic E-state index is 13.8. The molecule has 2 atom stereocenters. The standard InChI is InChI=1S/C16H16F2N2O/c17-13-8-14(18)16(20-10-13)21-15(12-6-7-19-9-12)11-4-2-1-3-5-11/h1-5,8,10,12,15,19H,6-7,9H2/t12?,15-/m1/s1. The van der Waals surface area contributed by atoms with Crippen LogP contribution in [0.3, 0.4) is 0 Å². The molecule has 1 fully saturated rings. The summed E-state index contributed by atoms with van der Waals surface area (Å²) in [5, 5.41) is 3.28. The number of nitrogens with zero attached hydrogens (tertiary/aromatic N) is 1. The lowest BCUT2D eigenvalue weighted by Crippen LogP contribution is -2.22. The highest BCUT2D eigenvalue weighted by molar-refractivity contribution is 5.22. The molecular formula is C16H16F2N2O. The van der Waals surface area contributed by atoms with Crippen molar-refractivity contribution < 1.29 is 13.5 Å². The number of rotatable bonds is 4. The summed E-state index contributed by atoms with van der Waals surface area (Å²) >= 11 is 0. The molecule has 2 aromatic rings. The molecule has 0 bridgehead atoms. The minimum atomic E-state index is -0.776. The molecule has 1 aromatic heterocycles. The first kappa shape index (κ1) is 13.9. The Morgan fingerprint density at radius 3 is 2.71 bits per heavy atom. The molecule has 1 unspecified atom stereocenters. The number of hydrogen-bond donors (Lipinski definition) is 1. The van der Waals surface area contributed by atoms with Crippen molar-refractivity contribution in [3.8, 4) is 5.88 Å². The van der Waals surface area contributed by atoms with Crippen LogP contribution in [0, 0.1) is 17.6 Å². The summed E-state index contributed by atoms with van der Waals surface area (Å²) in [5.74, 6) is -1.41. The quantitative estimate of drug-likeness (QED) is 0.939. The number of halogens is 2. The van der Waals surface area contributed by atoms with Crippen LogP contribution in [-0.2, 0) is 0 Å². The molecular weight excluding hydrogens is 274 g/mol. The van der Waals surface area contributed by atoms with Gasteiger partial charge in [-0.2, -0.15) is 0 Å². The van der Waals surface area contributed by atoms with Gasteiger partial charge in [-0.3, -0.25) is 0 Å². The van der Waals surface area contributed by atoms with Crippen molar-refractivity contribution in [1.29, 1.82) is 0 Å². The van der Waals surface area contributed by atoms with Crippen LogP contribution in [0.15, 0.2) is 42.6 Å². The number of ether oxygens (including phenoxy) is 1. The highest BCUT2D eigenvalue weighted by Crippen LogP contribution is 2.32. The van der Waals surface area contributed by atoms with Gasteiger partial charge in [0, 0.05) is 18.5 Å². The summed E-state index contributed by atoms with van der Waals surface area (Å²) in [6, 6.07) is 10.4. The third-order valence-corrected chi connectivity index (χ3v) is 3.67. The van der Waals surface area contributed by atoms with Crippen LogP contribution >= 0.6 is 0 Å². The maximum atomic E-state index is 13.8. The van der Waals surface area contributed by atoms with Gasteiger partial charge >= 0.3 is 0 Å². The number of aromatic nitrogens is 1. The molecule has 0 amide bonds. The van der Waals surface area contributed by atoms with Gasteiger partial charge in [0.2, 0.25) is 0 Å². The molecule has 1 aromatic carbocycles. The SMILES string of the molecule is Fc1cnc(O[C@H](c2ccccc2)C2CCNC2)c(F)c1. The first-order valence-corrected chi connectivity index (χ1v) is 6.97. The molecule has 3 nitrogen and oxygen atoms in total. The lowest BCUT2D eigenvalue weighted by Gasteiger charge is -2.24. The van der Waals surface area contributed by atoms with Gasteiger partial charge in [-0.25, -0.2) is 13.8 Å². The zero-order chi connectivity index (χ0) is 14.7. The van der Waals surface area contributed by atoms with Gasteiger partial charge in [-0.15, -0.1) is 0 Å². The summed E-state index contributed by atoms with van der Waals surface area (Å²) in [5.41, 5.74) is 0.969. The fourth-order valence-corrected chi connectivity index (χ4v) is 2.62. The summed E-state index contributed by atoms with van der Waals surface area (Å²) in [7, 11) is 0. The molecule has 0 radical (unpaired) electrons. The normalized spacial score (nSPS) is 19.4. The molecule has 0 spiro atoms. The molecule has 110 valence electrons. The van der Waals surface area contributed by atoms with Gasteiger partial charge in [-0.1, -0.05) is 30.3 Å². The van der Waals surface area contributed by atoms with E-state index in [0.29, 0.717) is 0 Å². The topological polar surface area (TPSA) is 34.1 Å². The van der Waals surface area contributed by atoms with Gasteiger partial charge < -0.3 is 10.1 Å². The molecule has 0 aliphatic carbocycles. The molecule has 5 heteroatoms. The smallest absolute Gasteiger partial charge is 0.251 e. The van der Waals surface area contributed by atoms with Crippen molar-refractivity contribution in [3.05, 3.63) is 59.8 Å². The maximum Gasteiger partial charge on any atom is 0.251 e. The van der Waals surface area contributed by atoms with E-state index >= 15 is 0 Å². The summed E-state index contributed by atoms with van der Waals surface area (Å²) in [6.45, 7) is 1.72. The van der Waals surface area contributed by atoms with Crippen molar-refractivity contribution in [2.75, 3.05) is 13.1 Å². The Hall–Kier alpha value is -2.01. The highest BCUT2D eigenvalue weighted by atomic mass is 19.1. The predicted molar refractivity (Wildman–Crippen MR) is 74.9 cm³/mol. The predicted octanol–water partition coefficient (Wildman–Crippen LogP) is 3.09. The van der Waals surface area contributed by atoms with E-state index in [4.69, 9.17) is 4.74 Å². The van der Waals surface area contributed by atoms with E-state index in [0.717, 1.165) is 37.3 Å². The van der Waals surface area contributed by atoms with Crippen LogP contribution in [0.25, 0.3) is 0 Å². The molecule has 1 aliphatic rings. The number of pyridine rings is 1. The Labute approximate surface area is 122 Å². The molecule has 1 N–H and O–H groups in total. The largest absolute Gasteiger partial charge is 0.467 e. The first-order valence-electron chi connectivity index (χ1n) is 6.97. The van der Waals surface area contributed by atoms with Crippen molar-refractivity contribution in [2.24, 2.45) is 5.92 Å². The van der Waals surface area contributed by atoms with E-state index in [9.17, 15) is 8.78 Å². The number of nitrogens with one attached hydrogen (secondary N) is 1. The van der Waals surface area contributed by atoms with Crippen molar-refractivity contribution in [3.63, 3.8) is 0 Å². The average Bonchev–Trinajstić information content (AvgIpc) is 3.01. The average molecular weight is 290 g/mol. The second-order valence-electron chi connectivity index (χ2n) is 5.14. The van der Waals surface area contributed by atoms with Crippen molar-refractivity contribution in [2.45, 2.75) is 12.5 Å². The third kappa shape index (κ3) is 3.19. The van der Waals surface area contributed by atoms with E-state index in [1.807, 2.05) is 30.3 Å². The van der Waals surface area contributed by atoms with Gasteiger partial charge in [0.15, 0.2) is 5.82 Å². The van der Waals surface area contributed by atoms with Crippen LogP contribution in [0.5, 0.6) is 5.88 Å². The lowest BCUT2D eigenvalue weighted by molar-refractivity contribution is 0.131. The van der Waals surface area contributed by atoms with E-state index in [1.165, 1.54) is 0 Å². The van der Waals surface area contributed by atoms with E-state index < -0.39 is 11.6 Å². The zero-order valence-corrected chi connectivity index (χ0v) is 11.4. The molecule has 3 rings (SSSR count). The van der Waals surface area contributed by atoms with Gasteiger partial charge in [0.05, 0.1) is 6.20 Å². The van der Waals surface area contributed by atoms with Crippen molar-refractivity contribution >= 4 is 0 Å². The van der Waals surface area contributed by atoms with Crippen LogP contribution in [0.2, 0.25) is 0 Å². The second kappa shape index (κ2) is 6.18. The Morgan fingerprint density at radius 1 is 1.24 bits per heavy atom. The summed E-state index contributed by atoms with van der Waals surface area (Å²) < 4.78 is 32.5. The van der Waals surface area contributed by atoms with E-state index in [1.54, 1.807) is 0 Å². The highest BCUT2D eigenvalue weighted by Gasteiger charge is 2.29. The second-order valence-corrected chi connectivity index (χ2v) is 5.14. The monoisotopic (exact) mass is 290 g/mol. The van der Waals surface area contributed by atoms with Crippen molar-refractivity contribution in [1.82, 2.24) is 10.3 Å². The summed E-state index contributed by atoms with van der Waals surface area (Å²) in [4.78, 5) is 3.72. The number of hydrogen-bond acceptors (Lipinski definition) is 3. The Bertz CT molecular complexity index is 600.